The van der Waals surface area contributed by atoms with Gasteiger partial charge in [-0.2, -0.15) is 0 Å². The summed E-state index contributed by atoms with van der Waals surface area (Å²) in [7, 11) is 0. The Bertz CT molecular complexity index is 3520. The van der Waals surface area contributed by atoms with Crippen LogP contribution in [0.4, 0.5) is 0 Å². The van der Waals surface area contributed by atoms with Gasteiger partial charge in [0.25, 0.3) is 0 Å². The highest BCUT2D eigenvalue weighted by Crippen LogP contribution is 2.56. The lowest BCUT2D eigenvalue weighted by molar-refractivity contribution is 0.769. The van der Waals surface area contributed by atoms with Crippen molar-refractivity contribution < 1.29 is 0 Å². The normalized spacial score (nSPS) is 16.9. The summed E-state index contributed by atoms with van der Waals surface area (Å²) >= 11 is 0. The Morgan fingerprint density at radius 2 is 1.23 bits per heavy atom. The van der Waals surface area contributed by atoms with Gasteiger partial charge in [-0.15, -0.1) is 12.8 Å². The number of aryl methyl sites for hydroxylation is 2. The summed E-state index contributed by atoms with van der Waals surface area (Å²) in [5.41, 5.74) is 26.5. The Hall–Kier alpha value is -8.49. The van der Waals surface area contributed by atoms with Crippen LogP contribution in [0, 0.1) is 38.5 Å². The van der Waals surface area contributed by atoms with Crippen molar-refractivity contribution >= 4 is 16.9 Å². The number of hydrogen-bond acceptors (Lipinski definition) is 1. The van der Waals surface area contributed by atoms with E-state index in [-0.39, 0.29) is 11.3 Å². The monoisotopic (exact) mass is 972 g/mol. The van der Waals surface area contributed by atoms with Crippen LogP contribution < -0.4 is 0 Å². The quantitative estimate of drug-likeness (QED) is 0.120. The molecule has 3 unspecified atom stereocenters. The Labute approximate surface area is 448 Å². The van der Waals surface area contributed by atoms with E-state index in [1.54, 1.807) is 0 Å². The number of hydrogen-bond donors (Lipinski definition) is 0. The van der Waals surface area contributed by atoms with Crippen molar-refractivity contribution in [3.63, 3.8) is 0 Å². The Kier molecular flexibility index (Phi) is 17.2. The third-order valence-corrected chi connectivity index (χ3v) is 14.7. The van der Waals surface area contributed by atoms with E-state index in [0.29, 0.717) is 5.92 Å². The van der Waals surface area contributed by atoms with Gasteiger partial charge in [-0.1, -0.05) is 242 Å². The third-order valence-electron chi connectivity index (χ3n) is 14.7. The van der Waals surface area contributed by atoms with Crippen molar-refractivity contribution in [2.24, 2.45) is 4.99 Å². The molecule has 370 valence electrons. The Morgan fingerprint density at radius 1 is 0.613 bits per heavy atom. The smallest absolute Gasteiger partial charge is 0.0656 e. The highest BCUT2D eigenvalue weighted by Gasteiger charge is 2.44. The summed E-state index contributed by atoms with van der Waals surface area (Å²) in [6.07, 6.45) is 19.3. The van der Waals surface area contributed by atoms with Crippen LogP contribution in [-0.4, -0.2) is 5.71 Å². The molecule has 0 saturated heterocycles. The van der Waals surface area contributed by atoms with E-state index in [0.717, 1.165) is 30.7 Å². The second-order valence-electron chi connectivity index (χ2n) is 20.1. The molecule has 0 fully saturated rings. The van der Waals surface area contributed by atoms with Gasteiger partial charge in [0.15, 0.2) is 0 Å². The second-order valence-corrected chi connectivity index (χ2v) is 20.1. The fourth-order valence-corrected chi connectivity index (χ4v) is 10.8. The molecule has 12 rings (SSSR count). The predicted octanol–water partition coefficient (Wildman–Crippen LogP) is 18.7. The van der Waals surface area contributed by atoms with E-state index in [2.05, 4.69) is 246 Å². The highest BCUT2D eigenvalue weighted by atomic mass is 14.7. The van der Waals surface area contributed by atoms with E-state index in [4.69, 9.17) is 0 Å². The lowest BCUT2D eigenvalue weighted by atomic mass is 9.68. The summed E-state index contributed by atoms with van der Waals surface area (Å²) < 4.78 is 0. The number of nitrogens with zero attached hydrogens (tertiary/aromatic N) is 1. The van der Waals surface area contributed by atoms with Crippen LogP contribution in [-0.2, 0) is 18.4 Å². The zero-order valence-electron chi connectivity index (χ0n) is 44.9. The molecular formula is C74H69N. The number of terminal acetylenes is 1. The van der Waals surface area contributed by atoms with Gasteiger partial charge in [0.1, 0.15) is 0 Å². The Morgan fingerprint density at radius 3 is 1.93 bits per heavy atom. The number of fused-ring (bicyclic) bond motifs is 10. The van der Waals surface area contributed by atoms with Crippen LogP contribution in [0.2, 0.25) is 0 Å². The lowest BCUT2D eigenvalue weighted by Crippen LogP contribution is -2.27. The van der Waals surface area contributed by atoms with Crippen molar-refractivity contribution in [1.29, 1.82) is 0 Å². The molecule has 0 aromatic heterocycles. The molecule has 0 radical (unpaired) electrons. The van der Waals surface area contributed by atoms with Gasteiger partial charge in [-0.3, -0.25) is 4.99 Å². The summed E-state index contributed by atoms with van der Waals surface area (Å²) in [6.45, 7) is 19.5. The van der Waals surface area contributed by atoms with Gasteiger partial charge in [-0.05, 0) is 162 Å². The first-order chi connectivity index (χ1) is 36.5. The van der Waals surface area contributed by atoms with Crippen molar-refractivity contribution in [2.45, 2.75) is 85.1 Å². The molecule has 4 aliphatic rings. The second kappa shape index (κ2) is 24.5. The standard InChI is InChI=1S/C39H32.C14H12.C10H13N.C9H10.C2H2/c1-26-12-4-5-14-31(26)35-24-29(20-19-28(35)3)30-21-22-34-33-16-7-9-18-37(33)39(38(34)25-30)23-11-10-13-27(2)32-15-6-8-17-36(32)39;1-10-6-7-12-9-11-4-2-3-5-13(11)14(12)8-10;1-9(2)11-8-10-6-4-3-5-7-10;1-8(2)9-6-4-3-5-7-9;1-2/h4-9,11-12,14-23,25,27,29H,24H2,1-3H3;2-8H,9H2,1H3;3-7H,8H2,1-2H3;3-7H,1H2,2H3;1-2H/b23-11-;;;;. The van der Waals surface area contributed by atoms with Crippen LogP contribution in [0.5, 0.6) is 0 Å². The largest absolute Gasteiger partial charge is 0.290 e. The van der Waals surface area contributed by atoms with Crippen LogP contribution in [0.25, 0.3) is 33.4 Å². The number of aliphatic imine (C=N–C) groups is 1. The molecule has 1 nitrogen and oxygen atoms in total. The zero-order chi connectivity index (χ0) is 52.9. The van der Waals surface area contributed by atoms with Gasteiger partial charge >= 0.3 is 0 Å². The minimum atomic E-state index is -0.356. The molecule has 75 heavy (non-hydrogen) atoms. The van der Waals surface area contributed by atoms with Crippen molar-refractivity contribution in [3.05, 3.63) is 297 Å². The lowest BCUT2D eigenvalue weighted by Gasteiger charge is -2.33. The van der Waals surface area contributed by atoms with E-state index in [1.165, 1.54) is 100 Å². The first-order valence-electron chi connectivity index (χ1n) is 26.2. The molecule has 8 aromatic rings. The molecule has 0 bridgehead atoms. The minimum Gasteiger partial charge on any atom is -0.290 e. The average molecular weight is 972 g/mol. The van der Waals surface area contributed by atoms with E-state index in [9.17, 15) is 0 Å². The fourth-order valence-electron chi connectivity index (χ4n) is 10.8. The minimum absolute atomic E-state index is 0.175. The van der Waals surface area contributed by atoms with Gasteiger partial charge in [-0.25, -0.2) is 0 Å². The van der Waals surface area contributed by atoms with Crippen molar-refractivity contribution in [1.82, 2.24) is 0 Å². The topological polar surface area (TPSA) is 12.4 Å². The van der Waals surface area contributed by atoms with Crippen LogP contribution in [0.1, 0.15) is 120 Å². The van der Waals surface area contributed by atoms with Crippen molar-refractivity contribution in [2.75, 3.05) is 0 Å². The maximum atomic E-state index is 4.31. The number of allylic oxidation sites excluding steroid dienone is 7. The third kappa shape index (κ3) is 11.8. The molecule has 8 aromatic carbocycles. The average Bonchev–Trinajstić information content (AvgIpc) is 3.95. The molecule has 0 N–H and O–H groups in total. The number of benzene rings is 8. The van der Waals surface area contributed by atoms with Gasteiger partial charge in [0.2, 0.25) is 0 Å². The molecule has 0 amide bonds. The molecule has 3 atom stereocenters. The number of rotatable bonds is 5. The van der Waals surface area contributed by atoms with Gasteiger partial charge in [0, 0.05) is 17.5 Å². The summed E-state index contributed by atoms with van der Waals surface area (Å²) in [5, 5.41) is 0. The Balaban J connectivity index is 0.000000167. The molecule has 0 saturated carbocycles. The van der Waals surface area contributed by atoms with Crippen LogP contribution >= 0.6 is 0 Å². The first-order valence-corrected chi connectivity index (χ1v) is 26.2. The van der Waals surface area contributed by atoms with E-state index >= 15 is 0 Å². The molecular weight excluding hydrogens is 903 g/mol. The predicted molar refractivity (Wildman–Crippen MR) is 323 cm³/mol. The summed E-state index contributed by atoms with van der Waals surface area (Å²) in [4.78, 5) is 4.31. The fraction of sp³-hybridized carbons (Fsp3) is 0.176. The van der Waals surface area contributed by atoms with E-state index in [1.807, 2.05) is 57.2 Å². The zero-order valence-corrected chi connectivity index (χ0v) is 44.9. The van der Waals surface area contributed by atoms with E-state index < -0.39 is 0 Å². The van der Waals surface area contributed by atoms with Gasteiger partial charge in [0.05, 0.1) is 12.0 Å². The van der Waals surface area contributed by atoms with Crippen LogP contribution in [0.3, 0.4) is 0 Å². The SMILES string of the molecule is C#C.C=C(C)c1ccccc1.CC(C)=NCc1ccccc1.CC1=C(c2ccccc2C)CC(c2ccc3c(c2)C2(/C=C\C#CC(C)c4ccccc42)c2ccccc2-3)C=C1.Cc1ccc2c(c1)-c1ccccc1C2. The first kappa shape index (κ1) is 52.8. The maximum Gasteiger partial charge on any atom is 0.0656 e. The highest BCUT2D eigenvalue weighted by molar-refractivity contribution is 5.86. The molecule has 1 heteroatoms. The molecule has 0 aliphatic heterocycles. The molecule has 1 spiro atoms. The van der Waals surface area contributed by atoms with Crippen molar-refractivity contribution in [3.8, 4) is 46.9 Å². The summed E-state index contributed by atoms with van der Waals surface area (Å²) in [5.74, 6) is 7.30. The van der Waals surface area contributed by atoms with Crippen LogP contribution in [0.15, 0.2) is 236 Å². The molecule has 0 heterocycles. The molecule has 4 aliphatic carbocycles. The summed E-state index contributed by atoms with van der Waals surface area (Å²) in [6, 6.07) is 69.8. The maximum absolute atomic E-state index is 4.31. The van der Waals surface area contributed by atoms with Gasteiger partial charge < -0.3 is 0 Å².